The maximum absolute atomic E-state index is 14.5. The number of carbonyl (C=O) groups is 3. The Morgan fingerprint density at radius 3 is 2.74 bits per heavy atom. The van der Waals surface area contributed by atoms with Crippen molar-refractivity contribution in [2.24, 2.45) is 5.92 Å². The number of nitrogens with zero attached hydrogens (tertiary/aromatic N) is 3. The Bertz CT molecular complexity index is 1510. The summed E-state index contributed by atoms with van der Waals surface area (Å²) in [6, 6.07) is 10.8. The number of hydrogen-bond acceptors (Lipinski definition) is 3. The monoisotopic (exact) mass is 535 g/mol. The Morgan fingerprint density at radius 1 is 1.29 bits per heavy atom. The van der Waals surface area contributed by atoms with Crippen LogP contribution in [0.4, 0.5) is 10.1 Å². The van der Waals surface area contributed by atoms with Crippen molar-refractivity contribution in [3.8, 4) is 0 Å². The van der Waals surface area contributed by atoms with Gasteiger partial charge in [-0.2, -0.15) is 0 Å². The lowest BCUT2D eigenvalue weighted by molar-refractivity contribution is -0.136. The van der Waals surface area contributed by atoms with Gasteiger partial charge in [-0.15, -0.1) is 0 Å². The highest BCUT2D eigenvalue weighted by Gasteiger charge is 2.59. The molecule has 0 bridgehead atoms. The largest absolute Gasteiger partial charge is 0.350 e. The van der Waals surface area contributed by atoms with Crippen LogP contribution in [0, 0.1) is 18.3 Å². The molecule has 10 heteroatoms. The summed E-state index contributed by atoms with van der Waals surface area (Å²) in [6.45, 7) is 11.7. The molecule has 3 aromatic rings. The van der Waals surface area contributed by atoms with E-state index in [0.717, 1.165) is 5.56 Å². The molecule has 2 aromatic carbocycles. The number of H-pyrrole nitrogens is 1. The van der Waals surface area contributed by atoms with Crippen LogP contribution in [0.15, 0.2) is 42.5 Å². The lowest BCUT2D eigenvalue weighted by Crippen LogP contribution is -2.51. The lowest BCUT2D eigenvalue weighted by Gasteiger charge is -2.32. The van der Waals surface area contributed by atoms with Crippen molar-refractivity contribution in [2.45, 2.75) is 44.3 Å². The maximum atomic E-state index is 14.5. The fourth-order valence-electron chi connectivity index (χ4n) is 5.61. The van der Waals surface area contributed by atoms with E-state index in [9.17, 15) is 18.8 Å². The highest BCUT2D eigenvalue weighted by Crippen LogP contribution is 2.47. The van der Waals surface area contributed by atoms with Crippen molar-refractivity contribution < 1.29 is 18.8 Å². The van der Waals surface area contributed by atoms with Crippen LogP contribution in [0.3, 0.4) is 0 Å². The molecule has 0 radical (unpaired) electrons. The molecule has 2 aliphatic rings. The standard InChI is InChI=1S/C28H27ClFN5O3/c1-15(2)11-22(34(4)25(36)21-12-16-19(32-21)10-9-18(29)24(16)30)26(37)35-14-28(13-23(35)31-3)17-7-5-6-8-20(17)33-27(28)38/h5-10,12,15,22-23,32H,11,13-14H2,1-2,4H3,(H,33,38)/t22-,23-,28-/m0/s1. The summed E-state index contributed by atoms with van der Waals surface area (Å²) in [6.07, 6.45) is -0.320. The number of carbonyl (C=O) groups excluding carboxylic acids is 3. The quantitative estimate of drug-likeness (QED) is 0.459. The van der Waals surface area contributed by atoms with E-state index in [-0.39, 0.29) is 40.9 Å². The van der Waals surface area contributed by atoms with Crippen molar-refractivity contribution in [1.29, 1.82) is 0 Å². The third-order valence-corrected chi connectivity index (χ3v) is 7.87. The minimum absolute atomic E-state index is 0.0501. The summed E-state index contributed by atoms with van der Waals surface area (Å²) in [5.74, 6) is -1.69. The third kappa shape index (κ3) is 4.00. The molecule has 3 amide bonds. The van der Waals surface area contributed by atoms with Gasteiger partial charge < -0.3 is 15.2 Å². The van der Waals surface area contributed by atoms with E-state index in [4.69, 9.17) is 18.2 Å². The molecule has 1 fully saturated rings. The second kappa shape index (κ2) is 9.44. The minimum Gasteiger partial charge on any atom is -0.350 e. The number of nitrogens with one attached hydrogen (secondary N) is 2. The number of aromatic amines is 1. The average molecular weight is 536 g/mol. The van der Waals surface area contributed by atoms with Gasteiger partial charge in [0, 0.05) is 30.2 Å². The number of fused-ring (bicyclic) bond motifs is 3. The number of likely N-dealkylation sites (tertiary alicyclic amines) is 1. The SMILES string of the molecule is [C-]#[N+][C@@H]1C[C@@]2(CN1C(=O)[C@H](CC(C)C)N(C)C(=O)c1cc3c(F)c(Cl)ccc3[nH]1)C(=O)Nc1ccccc12. The topological polar surface area (TPSA) is 89.9 Å². The van der Waals surface area contributed by atoms with E-state index >= 15 is 0 Å². The molecule has 1 aromatic heterocycles. The normalized spacial score (nSPS) is 21.0. The van der Waals surface area contributed by atoms with E-state index in [1.54, 1.807) is 6.07 Å². The van der Waals surface area contributed by atoms with Crippen LogP contribution < -0.4 is 5.32 Å². The number of para-hydroxylation sites is 1. The Hall–Kier alpha value is -3.90. The fraction of sp³-hybridized carbons (Fsp3) is 0.357. The summed E-state index contributed by atoms with van der Waals surface area (Å²) < 4.78 is 14.5. The van der Waals surface area contributed by atoms with E-state index in [2.05, 4.69) is 15.1 Å². The van der Waals surface area contributed by atoms with Gasteiger partial charge in [0.2, 0.25) is 5.91 Å². The van der Waals surface area contributed by atoms with Gasteiger partial charge in [-0.3, -0.25) is 24.1 Å². The van der Waals surface area contributed by atoms with Gasteiger partial charge >= 0.3 is 6.17 Å². The third-order valence-electron chi connectivity index (χ3n) is 7.58. The number of benzene rings is 2. The first kappa shape index (κ1) is 25.7. The number of halogens is 2. The van der Waals surface area contributed by atoms with Crippen LogP contribution in [0.1, 0.15) is 42.7 Å². The molecular formula is C28H27ClFN5O3. The smallest absolute Gasteiger partial charge is 0.302 e. The first-order valence-electron chi connectivity index (χ1n) is 12.4. The minimum atomic E-state index is -1.01. The van der Waals surface area contributed by atoms with Crippen molar-refractivity contribution in [2.75, 3.05) is 18.9 Å². The molecule has 3 atom stereocenters. The summed E-state index contributed by atoms with van der Waals surface area (Å²) >= 11 is 5.89. The molecule has 1 spiro atoms. The predicted molar refractivity (Wildman–Crippen MR) is 142 cm³/mol. The van der Waals surface area contributed by atoms with Crippen LogP contribution in [0.25, 0.3) is 15.7 Å². The van der Waals surface area contributed by atoms with Gasteiger partial charge in [0.25, 0.3) is 11.8 Å². The Labute approximate surface area is 224 Å². The Kier molecular flexibility index (Phi) is 6.40. The van der Waals surface area contributed by atoms with Crippen LogP contribution >= 0.6 is 11.6 Å². The zero-order valence-corrected chi connectivity index (χ0v) is 22.0. The fourth-order valence-corrected chi connectivity index (χ4v) is 5.77. The molecule has 2 N–H and O–H groups in total. The van der Waals surface area contributed by atoms with Crippen LogP contribution in [-0.4, -0.2) is 58.3 Å². The summed E-state index contributed by atoms with van der Waals surface area (Å²) in [7, 11) is 1.53. The number of aromatic nitrogens is 1. The molecule has 2 aliphatic heterocycles. The van der Waals surface area contributed by atoms with E-state index in [1.165, 1.54) is 29.0 Å². The molecule has 38 heavy (non-hydrogen) atoms. The molecule has 0 unspecified atom stereocenters. The molecule has 196 valence electrons. The Morgan fingerprint density at radius 2 is 2.03 bits per heavy atom. The van der Waals surface area contributed by atoms with Gasteiger partial charge in [-0.05, 0) is 42.2 Å². The van der Waals surface area contributed by atoms with Gasteiger partial charge in [-0.1, -0.05) is 43.6 Å². The average Bonchev–Trinajstić information content (AvgIpc) is 3.58. The second-order valence-electron chi connectivity index (χ2n) is 10.4. The zero-order chi connectivity index (χ0) is 27.4. The van der Waals surface area contributed by atoms with Crippen molar-refractivity contribution >= 4 is 45.9 Å². The number of likely N-dealkylation sites (N-methyl/N-ethyl adjacent to an activating group) is 1. The van der Waals surface area contributed by atoms with Gasteiger partial charge in [0.15, 0.2) is 5.82 Å². The number of hydrogen-bond donors (Lipinski definition) is 2. The van der Waals surface area contributed by atoms with E-state index < -0.39 is 35.3 Å². The van der Waals surface area contributed by atoms with Crippen LogP contribution in [-0.2, 0) is 15.0 Å². The van der Waals surface area contributed by atoms with Gasteiger partial charge in [0.1, 0.15) is 17.2 Å². The highest BCUT2D eigenvalue weighted by atomic mass is 35.5. The molecule has 3 heterocycles. The van der Waals surface area contributed by atoms with Crippen molar-refractivity contribution in [3.63, 3.8) is 0 Å². The summed E-state index contributed by atoms with van der Waals surface area (Å²) in [4.78, 5) is 50.1. The number of amides is 3. The molecule has 1 saturated heterocycles. The van der Waals surface area contributed by atoms with Crippen molar-refractivity contribution in [3.05, 3.63) is 76.0 Å². The molecule has 0 saturated carbocycles. The maximum Gasteiger partial charge on any atom is 0.302 e. The number of rotatable bonds is 5. The summed E-state index contributed by atoms with van der Waals surface area (Å²) in [5.41, 5.74) is 0.982. The Balaban J connectivity index is 1.46. The summed E-state index contributed by atoms with van der Waals surface area (Å²) in [5, 5.41) is 3.02. The van der Waals surface area contributed by atoms with E-state index in [1.807, 2.05) is 38.1 Å². The van der Waals surface area contributed by atoms with E-state index in [0.29, 0.717) is 17.6 Å². The number of anilines is 1. The van der Waals surface area contributed by atoms with Gasteiger partial charge in [0.05, 0.1) is 11.4 Å². The molecule has 0 aliphatic carbocycles. The predicted octanol–water partition coefficient (Wildman–Crippen LogP) is 4.81. The second-order valence-corrected chi connectivity index (χ2v) is 10.8. The van der Waals surface area contributed by atoms with Crippen molar-refractivity contribution in [1.82, 2.24) is 14.8 Å². The van der Waals surface area contributed by atoms with Crippen LogP contribution in [0.2, 0.25) is 5.02 Å². The molecule has 8 nitrogen and oxygen atoms in total. The van der Waals surface area contributed by atoms with Gasteiger partial charge in [-0.25, -0.2) is 11.0 Å². The van der Waals surface area contributed by atoms with Crippen LogP contribution in [0.5, 0.6) is 0 Å². The molecule has 5 rings (SSSR count). The molecular weight excluding hydrogens is 509 g/mol. The zero-order valence-electron chi connectivity index (χ0n) is 21.2. The highest BCUT2D eigenvalue weighted by molar-refractivity contribution is 6.31. The lowest BCUT2D eigenvalue weighted by atomic mass is 9.80. The first-order valence-corrected chi connectivity index (χ1v) is 12.8. The first-order chi connectivity index (χ1) is 18.1.